The normalized spacial score (nSPS) is 12.3. The molecule has 0 aromatic heterocycles. The lowest BCUT2D eigenvalue weighted by molar-refractivity contribution is 0.0945. The zero-order valence-electron chi connectivity index (χ0n) is 11.0. The van der Waals surface area contributed by atoms with E-state index >= 15 is 0 Å². The molecule has 0 radical (unpaired) electrons. The average molecular weight is 270 g/mol. The van der Waals surface area contributed by atoms with Crippen LogP contribution in [0.5, 0.6) is 0 Å². The van der Waals surface area contributed by atoms with E-state index in [1.165, 1.54) is 0 Å². The summed E-state index contributed by atoms with van der Waals surface area (Å²) in [6.07, 6.45) is 0. The van der Waals surface area contributed by atoms with Crippen LogP contribution in [0.1, 0.15) is 31.1 Å². The van der Waals surface area contributed by atoms with Gasteiger partial charge in [0.1, 0.15) is 0 Å². The Morgan fingerprint density at radius 1 is 1.39 bits per heavy atom. The Morgan fingerprint density at radius 3 is 2.61 bits per heavy atom. The number of carbonyl (C=O) groups is 1. The summed E-state index contributed by atoms with van der Waals surface area (Å²) in [5, 5.41) is 3.40. The fourth-order valence-corrected chi connectivity index (χ4v) is 1.59. The van der Waals surface area contributed by atoms with Crippen molar-refractivity contribution in [3.8, 4) is 0 Å². The molecule has 0 aliphatic carbocycles. The molecule has 1 aromatic rings. The number of nitrogen functional groups attached to an aromatic ring is 1. The second-order valence-corrected chi connectivity index (χ2v) is 5.20. The third-order valence-corrected chi connectivity index (χ3v) is 3.34. The van der Waals surface area contributed by atoms with Gasteiger partial charge in [-0.15, -0.1) is 0 Å². The van der Waals surface area contributed by atoms with Crippen LogP contribution < -0.4 is 16.6 Å². The Hall–Kier alpha value is -1.26. The first-order valence-electron chi connectivity index (χ1n) is 6.00. The summed E-state index contributed by atoms with van der Waals surface area (Å²) in [6, 6.07) is 4.97. The van der Waals surface area contributed by atoms with Crippen LogP contribution in [0.4, 0.5) is 5.69 Å². The van der Waals surface area contributed by atoms with E-state index in [0.717, 1.165) is 0 Å². The standard InChI is InChI=1S/C13H20ClN3O/c1-8(2)9(3)7-16-13(18)11-6-10(14)4-5-12(11)17-15/h4-6,8-9,17H,7,15H2,1-3H3,(H,16,18). The number of benzene rings is 1. The molecular weight excluding hydrogens is 250 g/mol. The van der Waals surface area contributed by atoms with E-state index in [-0.39, 0.29) is 5.91 Å². The molecule has 4 nitrogen and oxygen atoms in total. The van der Waals surface area contributed by atoms with Crippen molar-refractivity contribution in [1.29, 1.82) is 0 Å². The van der Waals surface area contributed by atoms with Gasteiger partial charge >= 0.3 is 0 Å². The molecule has 1 amide bonds. The molecule has 0 spiro atoms. The predicted molar refractivity (Wildman–Crippen MR) is 75.6 cm³/mol. The molecule has 1 atom stereocenters. The largest absolute Gasteiger partial charge is 0.352 e. The lowest BCUT2D eigenvalue weighted by Gasteiger charge is -2.17. The van der Waals surface area contributed by atoms with Crippen molar-refractivity contribution in [3.05, 3.63) is 28.8 Å². The molecule has 0 aliphatic heterocycles. The van der Waals surface area contributed by atoms with Crippen LogP contribution >= 0.6 is 11.6 Å². The topological polar surface area (TPSA) is 67.2 Å². The molecule has 0 bridgehead atoms. The number of nitrogens with one attached hydrogen (secondary N) is 2. The maximum Gasteiger partial charge on any atom is 0.253 e. The zero-order valence-corrected chi connectivity index (χ0v) is 11.7. The summed E-state index contributed by atoms with van der Waals surface area (Å²) in [5.41, 5.74) is 3.52. The number of anilines is 1. The highest BCUT2D eigenvalue weighted by Crippen LogP contribution is 2.20. The van der Waals surface area contributed by atoms with E-state index in [1.807, 2.05) is 0 Å². The molecule has 5 heteroatoms. The van der Waals surface area contributed by atoms with Crippen molar-refractivity contribution in [2.75, 3.05) is 12.0 Å². The number of carbonyl (C=O) groups excluding carboxylic acids is 1. The van der Waals surface area contributed by atoms with E-state index in [1.54, 1.807) is 18.2 Å². The molecule has 1 aromatic carbocycles. The van der Waals surface area contributed by atoms with Crippen molar-refractivity contribution in [1.82, 2.24) is 5.32 Å². The molecule has 4 N–H and O–H groups in total. The fourth-order valence-electron chi connectivity index (χ4n) is 1.41. The second-order valence-electron chi connectivity index (χ2n) is 4.77. The summed E-state index contributed by atoms with van der Waals surface area (Å²) < 4.78 is 0. The number of amides is 1. The average Bonchev–Trinajstić information content (AvgIpc) is 2.35. The van der Waals surface area contributed by atoms with Gasteiger partial charge in [-0.3, -0.25) is 10.6 Å². The molecule has 1 unspecified atom stereocenters. The number of hydrazine groups is 1. The van der Waals surface area contributed by atoms with E-state index in [0.29, 0.717) is 34.7 Å². The minimum Gasteiger partial charge on any atom is -0.352 e. The number of hydrogen-bond acceptors (Lipinski definition) is 3. The third kappa shape index (κ3) is 3.89. The van der Waals surface area contributed by atoms with Crippen molar-refractivity contribution in [2.45, 2.75) is 20.8 Å². The zero-order chi connectivity index (χ0) is 13.7. The van der Waals surface area contributed by atoms with Crippen LogP contribution in [-0.2, 0) is 0 Å². The van der Waals surface area contributed by atoms with Gasteiger partial charge in [0.2, 0.25) is 0 Å². The van der Waals surface area contributed by atoms with Gasteiger partial charge in [-0.2, -0.15) is 0 Å². The Balaban J connectivity index is 2.75. The van der Waals surface area contributed by atoms with E-state index in [9.17, 15) is 4.79 Å². The maximum atomic E-state index is 12.0. The van der Waals surface area contributed by atoms with Crippen molar-refractivity contribution in [3.63, 3.8) is 0 Å². The van der Waals surface area contributed by atoms with Gasteiger partial charge in [-0.1, -0.05) is 32.4 Å². The second kappa shape index (κ2) is 6.61. The van der Waals surface area contributed by atoms with Crippen LogP contribution in [0, 0.1) is 11.8 Å². The SMILES string of the molecule is CC(C)C(C)CNC(=O)c1cc(Cl)ccc1NN. The van der Waals surface area contributed by atoms with Gasteiger partial charge in [0.15, 0.2) is 0 Å². The van der Waals surface area contributed by atoms with Gasteiger partial charge in [-0.25, -0.2) is 0 Å². The Bertz CT molecular complexity index is 421. The van der Waals surface area contributed by atoms with Crippen LogP contribution in [0.15, 0.2) is 18.2 Å². The lowest BCUT2D eigenvalue weighted by atomic mass is 9.98. The van der Waals surface area contributed by atoms with Gasteiger partial charge in [0.05, 0.1) is 11.3 Å². The smallest absolute Gasteiger partial charge is 0.253 e. The number of halogens is 1. The molecule has 0 aliphatic rings. The van der Waals surface area contributed by atoms with Gasteiger partial charge in [0.25, 0.3) is 5.91 Å². The van der Waals surface area contributed by atoms with Crippen LogP contribution in [0.25, 0.3) is 0 Å². The molecule has 1 rings (SSSR count). The van der Waals surface area contributed by atoms with E-state index < -0.39 is 0 Å². The molecule has 100 valence electrons. The number of hydrogen-bond donors (Lipinski definition) is 3. The minimum atomic E-state index is -0.169. The summed E-state index contributed by atoms with van der Waals surface area (Å²) in [7, 11) is 0. The Kier molecular flexibility index (Phi) is 5.44. The minimum absolute atomic E-state index is 0.169. The molecule has 0 heterocycles. The van der Waals surface area contributed by atoms with Crippen molar-refractivity contribution >= 4 is 23.2 Å². The van der Waals surface area contributed by atoms with Gasteiger partial charge in [0, 0.05) is 11.6 Å². The van der Waals surface area contributed by atoms with Gasteiger partial charge < -0.3 is 10.7 Å². The first-order valence-corrected chi connectivity index (χ1v) is 6.37. The number of rotatable bonds is 5. The highest BCUT2D eigenvalue weighted by atomic mass is 35.5. The third-order valence-electron chi connectivity index (χ3n) is 3.10. The summed E-state index contributed by atoms with van der Waals surface area (Å²) >= 11 is 5.88. The maximum absolute atomic E-state index is 12.0. The summed E-state index contributed by atoms with van der Waals surface area (Å²) in [5.74, 6) is 6.14. The van der Waals surface area contributed by atoms with E-state index in [4.69, 9.17) is 17.4 Å². The first kappa shape index (κ1) is 14.8. The highest BCUT2D eigenvalue weighted by molar-refractivity contribution is 6.31. The predicted octanol–water partition coefficient (Wildman–Crippen LogP) is 2.65. The number of nitrogens with two attached hydrogens (primary N) is 1. The summed E-state index contributed by atoms with van der Waals surface area (Å²) in [4.78, 5) is 12.0. The molecular formula is C13H20ClN3O. The quantitative estimate of drug-likeness (QED) is 0.569. The Morgan fingerprint density at radius 2 is 2.06 bits per heavy atom. The van der Waals surface area contributed by atoms with E-state index in [2.05, 4.69) is 31.5 Å². The van der Waals surface area contributed by atoms with Crippen molar-refractivity contribution < 1.29 is 4.79 Å². The van der Waals surface area contributed by atoms with Crippen molar-refractivity contribution in [2.24, 2.45) is 17.7 Å². The fraction of sp³-hybridized carbons (Fsp3) is 0.462. The molecule has 0 fully saturated rings. The summed E-state index contributed by atoms with van der Waals surface area (Å²) in [6.45, 7) is 6.99. The van der Waals surface area contributed by atoms with Crippen LogP contribution in [0.3, 0.4) is 0 Å². The molecule has 18 heavy (non-hydrogen) atoms. The molecule has 0 saturated heterocycles. The monoisotopic (exact) mass is 269 g/mol. The Labute approximate surface area is 113 Å². The first-order chi connectivity index (χ1) is 8.45. The van der Waals surface area contributed by atoms with Crippen LogP contribution in [-0.4, -0.2) is 12.5 Å². The lowest BCUT2D eigenvalue weighted by Crippen LogP contribution is -2.31. The molecule has 0 saturated carbocycles. The highest BCUT2D eigenvalue weighted by Gasteiger charge is 2.13. The van der Waals surface area contributed by atoms with Crippen LogP contribution in [0.2, 0.25) is 5.02 Å². The van der Waals surface area contributed by atoms with Gasteiger partial charge in [-0.05, 0) is 30.0 Å².